The molecule has 12 heteroatoms. The Hall–Kier alpha value is -2.75. The van der Waals surface area contributed by atoms with Crippen molar-refractivity contribution in [3.05, 3.63) is 74.5 Å². The van der Waals surface area contributed by atoms with E-state index in [1.165, 1.54) is 40.0 Å². The molecule has 2 aromatic carbocycles. The van der Waals surface area contributed by atoms with E-state index in [0.717, 1.165) is 12.1 Å². The number of amides is 1. The highest BCUT2D eigenvalue weighted by atomic mass is 35.5. The Kier molecular flexibility index (Phi) is 6.07. The van der Waals surface area contributed by atoms with Crippen LogP contribution >= 0.6 is 34.8 Å². The fourth-order valence-corrected chi connectivity index (χ4v) is 4.33. The van der Waals surface area contributed by atoms with E-state index in [2.05, 4.69) is 5.10 Å². The zero-order valence-electron chi connectivity index (χ0n) is 16.7. The highest BCUT2D eigenvalue weighted by molar-refractivity contribution is 6.40. The lowest BCUT2D eigenvalue weighted by molar-refractivity contribution is -0.137. The summed E-state index contributed by atoms with van der Waals surface area (Å²) in [4.78, 5) is 27.4. The molecular formula is C21H13Cl3F3N3O3. The molecule has 1 aromatic heterocycles. The first-order valence-corrected chi connectivity index (χ1v) is 10.5. The van der Waals surface area contributed by atoms with Gasteiger partial charge in [-0.3, -0.25) is 9.48 Å². The molecule has 0 bridgehead atoms. The maximum Gasteiger partial charge on any atom is 0.416 e. The molecule has 1 aliphatic rings. The first kappa shape index (κ1) is 23.4. The van der Waals surface area contributed by atoms with Gasteiger partial charge in [0, 0.05) is 17.3 Å². The zero-order valence-corrected chi connectivity index (χ0v) is 18.9. The lowest BCUT2D eigenvalue weighted by Crippen LogP contribution is -2.43. The molecule has 6 nitrogen and oxygen atoms in total. The normalized spacial score (nSPS) is 16.0. The third kappa shape index (κ3) is 4.40. The standard InChI is InChI=1S/C21H13Cl3F3N3O3/c1-10-9-29(13-4-2-11(3-5-13)21(25,26)27)19(31)17-14(8-28-30(10)17)20(32)33-18-15(23)6-12(22)7-16(18)24/h2-8,10H,9H2,1H3/t10-/m0/s1. The van der Waals surface area contributed by atoms with Crippen LogP contribution in [0.3, 0.4) is 0 Å². The van der Waals surface area contributed by atoms with Gasteiger partial charge in [0.2, 0.25) is 0 Å². The van der Waals surface area contributed by atoms with Gasteiger partial charge in [-0.1, -0.05) is 34.8 Å². The number of carbonyl (C=O) groups excluding carboxylic acids is 2. The summed E-state index contributed by atoms with van der Waals surface area (Å²) in [6, 6.07) is 6.48. The fraction of sp³-hybridized carbons (Fsp3) is 0.190. The number of carbonyl (C=O) groups is 2. The Labute approximate surface area is 200 Å². The zero-order chi connectivity index (χ0) is 24.1. The van der Waals surface area contributed by atoms with Crippen LogP contribution in [-0.4, -0.2) is 28.2 Å². The molecule has 1 amide bonds. The lowest BCUT2D eigenvalue weighted by atomic mass is 10.1. The quantitative estimate of drug-likeness (QED) is 0.301. The minimum atomic E-state index is -4.50. The number of hydrogen-bond donors (Lipinski definition) is 0. The molecule has 172 valence electrons. The Morgan fingerprint density at radius 3 is 2.30 bits per heavy atom. The summed E-state index contributed by atoms with van der Waals surface area (Å²) in [6.07, 6.45) is -3.32. The number of nitrogens with zero attached hydrogens (tertiary/aromatic N) is 3. The lowest BCUT2D eigenvalue weighted by Gasteiger charge is -2.32. The molecule has 0 saturated heterocycles. The summed E-state index contributed by atoms with van der Waals surface area (Å²) in [6.45, 7) is 1.89. The number of rotatable bonds is 3. The second-order valence-electron chi connectivity index (χ2n) is 7.25. The Bertz CT molecular complexity index is 1240. The van der Waals surface area contributed by atoms with Gasteiger partial charge in [0.05, 0.1) is 27.8 Å². The van der Waals surface area contributed by atoms with Crippen molar-refractivity contribution in [2.24, 2.45) is 0 Å². The number of halogens is 6. The highest BCUT2D eigenvalue weighted by Gasteiger charge is 2.37. The van der Waals surface area contributed by atoms with Gasteiger partial charge in [-0.15, -0.1) is 0 Å². The number of anilines is 1. The smallest absolute Gasteiger partial charge is 0.416 e. The van der Waals surface area contributed by atoms with E-state index >= 15 is 0 Å². The third-order valence-corrected chi connectivity index (χ3v) is 5.77. The number of hydrogen-bond acceptors (Lipinski definition) is 4. The monoisotopic (exact) mass is 517 g/mol. The second-order valence-corrected chi connectivity index (χ2v) is 8.50. The first-order valence-electron chi connectivity index (χ1n) is 9.40. The molecule has 3 aromatic rings. The largest absolute Gasteiger partial charge is 0.420 e. The van der Waals surface area contributed by atoms with E-state index in [0.29, 0.717) is 0 Å². The molecule has 0 aliphatic carbocycles. The average Bonchev–Trinajstić information content (AvgIpc) is 3.19. The van der Waals surface area contributed by atoms with Crippen molar-refractivity contribution < 1.29 is 27.5 Å². The van der Waals surface area contributed by atoms with Crippen LogP contribution in [0.25, 0.3) is 0 Å². The summed E-state index contributed by atoms with van der Waals surface area (Å²) < 4.78 is 45.3. The van der Waals surface area contributed by atoms with Gasteiger partial charge in [0.1, 0.15) is 11.3 Å². The molecule has 0 unspecified atom stereocenters. The van der Waals surface area contributed by atoms with E-state index in [9.17, 15) is 22.8 Å². The third-order valence-electron chi connectivity index (χ3n) is 4.99. The van der Waals surface area contributed by atoms with Gasteiger partial charge >= 0.3 is 12.1 Å². The van der Waals surface area contributed by atoms with Crippen LogP contribution in [-0.2, 0) is 6.18 Å². The van der Waals surface area contributed by atoms with Crippen LogP contribution in [0.4, 0.5) is 18.9 Å². The fourth-order valence-electron chi connectivity index (χ4n) is 3.44. The number of benzene rings is 2. The van der Waals surface area contributed by atoms with Gasteiger partial charge in [0.15, 0.2) is 5.75 Å². The van der Waals surface area contributed by atoms with Crippen LogP contribution in [0.15, 0.2) is 42.6 Å². The van der Waals surface area contributed by atoms with Crippen molar-refractivity contribution in [1.82, 2.24) is 9.78 Å². The summed E-state index contributed by atoms with van der Waals surface area (Å²) in [5.74, 6) is -1.69. The minimum Gasteiger partial charge on any atom is -0.420 e. The van der Waals surface area contributed by atoms with Gasteiger partial charge in [-0.2, -0.15) is 18.3 Å². The maximum absolute atomic E-state index is 13.2. The summed E-state index contributed by atoms with van der Waals surface area (Å²) >= 11 is 18.0. The molecule has 2 heterocycles. The molecule has 1 atom stereocenters. The van der Waals surface area contributed by atoms with Crippen molar-refractivity contribution >= 4 is 52.4 Å². The SMILES string of the molecule is C[C@H]1CN(c2ccc(C(F)(F)F)cc2)C(=O)c2c(C(=O)Oc3c(Cl)cc(Cl)cc3Cl)cnn21. The molecule has 0 N–H and O–H groups in total. The molecule has 1 aliphatic heterocycles. The van der Waals surface area contributed by atoms with Gasteiger partial charge in [0.25, 0.3) is 5.91 Å². The van der Waals surface area contributed by atoms with E-state index in [4.69, 9.17) is 39.5 Å². The molecule has 0 fully saturated rings. The van der Waals surface area contributed by atoms with Crippen molar-refractivity contribution in [3.63, 3.8) is 0 Å². The predicted octanol–water partition coefficient (Wildman–Crippen LogP) is 6.30. The van der Waals surface area contributed by atoms with Crippen molar-refractivity contribution in [1.29, 1.82) is 0 Å². The van der Waals surface area contributed by atoms with Crippen LogP contribution in [0, 0.1) is 0 Å². The van der Waals surface area contributed by atoms with Gasteiger partial charge in [-0.05, 0) is 43.3 Å². The van der Waals surface area contributed by atoms with Gasteiger partial charge < -0.3 is 9.64 Å². The second kappa shape index (κ2) is 8.55. The number of esters is 1. The van der Waals surface area contributed by atoms with Crippen LogP contribution in [0.2, 0.25) is 15.1 Å². The maximum atomic E-state index is 13.2. The summed E-state index contributed by atoms with van der Waals surface area (Å²) in [7, 11) is 0. The topological polar surface area (TPSA) is 64.4 Å². The molecule has 0 radical (unpaired) electrons. The van der Waals surface area contributed by atoms with Crippen LogP contribution < -0.4 is 9.64 Å². The Morgan fingerprint density at radius 1 is 1.12 bits per heavy atom. The Balaban J connectivity index is 1.67. The number of ether oxygens (including phenoxy) is 1. The van der Waals surface area contributed by atoms with E-state index in [-0.39, 0.29) is 50.3 Å². The minimum absolute atomic E-state index is 0.00652. The molecule has 0 saturated carbocycles. The predicted molar refractivity (Wildman–Crippen MR) is 116 cm³/mol. The number of aromatic nitrogens is 2. The Morgan fingerprint density at radius 2 is 1.73 bits per heavy atom. The highest BCUT2D eigenvalue weighted by Crippen LogP contribution is 2.37. The first-order chi connectivity index (χ1) is 15.5. The molecular weight excluding hydrogens is 506 g/mol. The van der Waals surface area contributed by atoms with Gasteiger partial charge in [-0.25, -0.2) is 4.79 Å². The van der Waals surface area contributed by atoms with E-state index in [1.807, 2.05) is 0 Å². The molecule has 0 spiro atoms. The average molecular weight is 519 g/mol. The van der Waals surface area contributed by atoms with Crippen LogP contribution in [0.5, 0.6) is 5.75 Å². The van der Waals surface area contributed by atoms with Crippen molar-refractivity contribution in [2.75, 3.05) is 11.4 Å². The van der Waals surface area contributed by atoms with Crippen LogP contribution in [0.1, 0.15) is 39.4 Å². The van der Waals surface area contributed by atoms with Crippen molar-refractivity contribution in [3.8, 4) is 5.75 Å². The van der Waals surface area contributed by atoms with E-state index < -0.39 is 23.6 Å². The molecule has 33 heavy (non-hydrogen) atoms. The number of alkyl halides is 3. The summed E-state index contributed by atoms with van der Waals surface area (Å²) in [5.41, 5.74) is -0.810. The summed E-state index contributed by atoms with van der Waals surface area (Å²) in [5, 5.41) is 4.34. The molecule has 4 rings (SSSR count). The number of fused-ring (bicyclic) bond motifs is 1. The van der Waals surface area contributed by atoms with Crippen molar-refractivity contribution in [2.45, 2.75) is 19.1 Å². The van der Waals surface area contributed by atoms with E-state index in [1.54, 1.807) is 6.92 Å².